The molecule has 1 aromatic heterocycles. The molecule has 0 atom stereocenters. The highest BCUT2D eigenvalue weighted by molar-refractivity contribution is 7.84. The quantitative estimate of drug-likeness (QED) is 0.496. The molecule has 6 heteroatoms. The first-order valence-electron chi connectivity index (χ1n) is 7.51. The van der Waals surface area contributed by atoms with Gasteiger partial charge in [0.15, 0.2) is 0 Å². The molecule has 24 heavy (non-hydrogen) atoms. The van der Waals surface area contributed by atoms with E-state index in [1.807, 2.05) is 19.1 Å². The first kappa shape index (κ1) is 18.0. The molecule has 0 aliphatic heterocycles. The highest BCUT2D eigenvalue weighted by Gasteiger charge is 2.20. The SMILES string of the molecule is CCOC(=O)c1c(C)oc2cc(C)c(OC/C(S)=C(\C)C#N)cc12. The summed E-state index contributed by atoms with van der Waals surface area (Å²) in [5, 5.41) is 9.52. The van der Waals surface area contributed by atoms with Crippen LogP contribution in [-0.2, 0) is 4.74 Å². The average molecular weight is 345 g/mol. The largest absolute Gasteiger partial charge is 0.488 e. The fraction of sp³-hybridized carbons (Fsp3) is 0.333. The second kappa shape index (κ2) is 7.45. The number of fused-ring (bicyclic) bond motifs is 1. The van der Waals surface area contributed by atoms with Gasteiger partial charge in [-0.15, -0.1) is 12.6 Å². The Kier molecular flexibility index (Phi) is 5.58. The zero-order valence-electron chi connectivity index (χ0n) is 14.1. The number of esters is 1. The monoisotopic (exact) mass is 345 g/mol. The van der Waals surface area contributed by atoms with Crippen molar-refractivity contribution in [3.63, 3.8) is 0 Å². The van der Waals surface area contributed by atoms with Gasteiger partial charge in [0, 0.05) is 15.9 Å². The lowest BCUT2D eigenvalue weighted by molar-refractivity contribution is 0.0526. The predicted molar refractivity (Wildman–Crippen MR) is 94.4 cm³/mol. The minimum Gasteiger partial charge on any atom is -0.488 e. The topological polar surface area (TPSA) is 72.5 Å². The molecular formula is C18H19NO4S. The molecule has 0 N–H and O–H groups in total. The molecule has 0 saturated carbocycles. The fourth-order valence-electron chi connectivity index (χ4n) is 2.28. The molecule has 2 rings (SSSR count). The Morgan fingerprint density at radius 2 is 2.08 bits per heavy atom. The number of nitriles is 1. The Morgan fingerprint density at radius 3 is 2.71 bits per heavy atom. The van der Waals surface area contributed by atoms with Crippen molar-refractivity contribution in [2.45, 2.75) is 27.7 Å². The fourth-order valence-corrected chi connectivity index (χ4v) is 2.39. The van der Waals surface area contributed by atoms with Crippen molar-refractivity contribution in [1.29, 1.82) is 5.26 Å². The van der Waals surface area contributed by atoms with E-state index >= 15 is 0 Å². The summed E-state index contributed by atoms with van der Waals surface area (Å²) in [6.45, 7) is 7.52. The zero-order valence-corrected chi connectivity index (χ0v) is 15.0. The molecule has 126 valence electrons. The Bertz CT molecular complexity index is 858. The Morgan fingerprint density at radius 1 is 1.38 bits per heavy atom. The molecule has 0 saturated heterocycles. The maximum absolute atomic E-state index is 12.2. The molecule has 1 heterocycles. The molecular weight excluding hydrogens is 326 g/mol. The smallest absolute Gasteiger partial charge is 0.342 e. The number of aryl methyl sites for hydroxylation is 2. The molecule has 2 aromatic rings. The van der Waals surface area contributed by atoms with Gasteiger partial charge in [-0.2, -0.15) is 5.26 Å². The van der Waals surface area contributed by atoms with E-state index in [0.717, 1.165) is 5.56 Å². The summed E-state index contributed by atoms with van der Waals surface area (Å²) in [5.41, 5.74) is 2.38. The number of rotatable bonds is 5. The molecule has 1 aromatic carbocycles. The number of hydrogen-bond acceptors (Lipinski definition) is 6. The summed E-state index contributed by atoms with van der Waals surface area (Å²) in [6.07, 6.45) is 0. The number of benzene rings is 1. The van der Waals surface area contributed by atoms with Gasteiger partial charge in [-0.05, 0) is 45.4 Å². The minimum atomic E-state index is -0.418. The molecule has 0 aliphatic rings. The Labute approximate surface area is 146 Å². The van der Waals surface area contributed by atoms with Gasteiger partial charge in [-0.3, -0.25) is 0 Å². The van der Waals surface area contributed by atoms with E-state index in [1.54, 1.807) is 26.8 Å². The average Bonchev–Trinajstić information content (AvgIpc) is 2.86. The van der Waals surface area contributed by atoms with Crippen molar-refractivity contribution in [3.8, 4) is 11.8 Å². The van der Waals surface area contributed by atoms with Gasteiger partial charge in [0.2, 0.25) is 0 Å². The maximum Gasteiger partial charge on any atom is 0.342 e. The van der Waals surface area contributed by atoms with Crippen LogP contribution in [0.2, 0.25) is 0 Å². The van der Waals surface area contributed by atoms with Crippen molar-refractivity contribution in [2.24, 2.45) is 0 Å². The summed E-state index contributed by atoms with van der Waals surface area (Å²) in [7, 11) is 0. The van der Waals surface area contributed by atoms with Crippen LogP contribution < -0.4 is 4.74 Å². The molecule has 0 amide bonds. The van der Waals surface area contributed by atoms with E-state index in [0.29, 0.717) is 45.1 Å². The van der Waals surface area contributed by atoms with E-state index in [9.17, 15) is 4.79 Å². The van der Waals surface area contributed by atoms with E-state index in [1.165, 1.54) is 0 Å². The van der Waals surface area contributed by atoms with E-state index in [-0.39, 0.29) is 6.61 Å². The highest BCUT2D eigenvalue weighted by atomic mass is 32.1. The van der Waals surface area contributed by atoms with Crippen molar-refractivity contribution >= 4 is 29.6 Å². The third-order valence-electron chi connectivity index (χ3n) is 3.61. The minimum absolute atomic E-state index is 0.181. The van der Waals surface area contributed by atoms with E-state index in [2.05, 4.69) is 12.6 Å². The number of hydrogen-bond donors (Lipinski definition) is 1. The summed E-state index contributed by atoms with van der Waals surface area (Å²) in [5.74, 6) is 0.694. The standard InChI is InChI=1S/C18H19NO4S/c1-5-21-18(20)17-12(4)23-15-6-10(2)14(7-13(15)17)22-9-16(24)11(3)8-19/h6-7,24H,5,9H2,1-4H3/b16-11-. The summed E-state index contributed by atoms with van der Waals surface area (Å²) >= 11 is 4.27. The summed E-state index contributed by atoms with van der Waals surface area (Å²) in [6, 6.07) is 5.61. The maximum atomic E-state index is 12.2. The number of allylic oxidation sites excluding steroid dienone is 1. The lowest BCUT2D eigenvalue weighted by atomic mass is 10.1. The van der Waals surface area contributed by atoms with Gasteiger partial charge in [-0.25, -0.2) is 4.79 Å². The molecule has 0 aliphatic carbocycles. The van der Waals surface area contributed by atoms with Crippen LogP contribution >= 0.6 is 12.6 Å². The van der Waals surface area contributed by atoms with E-state index in [4.69, 9.17) is 19.2 Å². The van der Waals surface area contributed by atoms with Crippen LogP contribution in [0.1, 0.15) is 35.5 Å². The summed E-state index contributed by atoms with van der Waals surface area (Å²) < 4.78 is 16.5. The van der Waals surface area contributed by atoms with Crippen LogP contribution in [0, 0.1) is 25.2 Å². The van der Waals surface area contributed by atoms with Crippen molar-refractivity contribution in [3.05, 3.63) is 39.5 Å². The van der Waals surface area contributed by atoms with Crippen LogP contribution in [-0.4, -0.2) is 19.2 Å². The van der Waals surface area contributed by atoms with Crippen LogP contribution in [0.3, 0.4) is 0 Å². The molecule has 0 fully saturated rings. The Hall–Kier alpha value is -2.39. The lowest BCUT2D eigenvalue weighted by Gasteiger charge is -2.10. The van der Waals surface area contributed by atoms with Gasteiger partial charge in [-0.1, -0.05) is 0 Å². The van der Waals surface area contributed by atoms with Gasteiger partial charge in [0.05, 0.1) is 12.7 Å². The van der Waals surface area contributed by atoms with Crippen LogP contribution in [0.15, 0.2) is 27.0 Å². The number of furan rings is 1. The first-order valence-corrected chi connectivity index (χ1v) is 7.96. The third-order valence-corrected chi connectivity index (χ3v) is 4.07. The predicted octanol–water partition coefficient (Wildman–Crippen LogP) is 4.33. The van der Waals surface area contributed by atoms with Crippen molar-refractivity contribution in [1.82, 2.24) is 0 Å². The highest BCUT2D eigenvalue weighted by Crippen LogP contribution is 2.32. The number of nitrogens with zero attached hydrogens (tertiary/aromatic N) is 1. The number of carbonyl (C=O) groups is 1. The van der Waals surface area contributed by atoms with Crippen molar-refractivity contribution < 1.29 is 18.7 Å². The zero-order chi connectivity index (χ0) is 17.9. The molecule has 0 bridgehead atoms. The number of ether oxygens (including phenoxy) is 2. The van der Waals surface area contributed by atoms with Crippen molar-refractivity contribution in [2.75, 3.05) is 13.2 Å². The van der Waals surface area contributed by atoms with Gasteiger partial charge < -0.3 is 13.9 Å². The second-order valence-corrected chi connectivity index (χ2v) is 5.88. The van der Waals surface area contributed by atoms with Gasteiger partial charge in [0.1, 0.15) is 29.3 Å². The van der Waals surface area contributed by atoms with Crippen LogP contribution in [0.4, 0.5) is 0 Å². The number of carbonyl (C=O) groups excluding carboxylic acids is 1. The summed E-state index contributed by atoms with van der Waals surface area (Å²) in [4.78, 5) is 12.7. The lowest BCUT2D eigenvalue weighted by Crippen LogP contribution is -2.05. The number of thiol groups is 1. The van der Waals surface area contributed by atoms with Gasteiger partial charge >= 0.3 is 5.97 Å². The normalized spacial score (nSPS) is 11.8. The van der Waals surface area contributed by atoms with Crippen LogP contribution in [0.25, 0.3) is 11.0 Å². The van der Waals surface area contributed by atoms with Crippen LogP contribution in [0.5, 0.6) is 5.75 Å². The van der Waals surface area contributed by atoms with E-state index < -0.39 is 5.97 Å². The third kappa shape index (κ3) is 3.57. The molecule has 0 radical (unpaired) electrons. The molecule has 0 unspecified atom stereocenters. The molecule has 0 spiro atoms. The second-order valence-electron chi connectivity index (χ2n) is 5.34. The first-order chi connectivity index (χ1) is 11.4. The Balaban J connectivity index is 2.42. The molecule has 5 nitrogen and oxygen atoms in total. The van der Waals surface area contributed by atoms with Gasteiger partial charge in [0.25, 0.3) is 0 Å².